The summed E-state index contributed by atoms with van der Waals surface area (Å²) in [6.07, 6.45) is 9.02. The highest BCUT2D eigenvalue weighted by atomic mass is 15.3. The van der Waals surface area contributed by atoms with Crippen molar-refractivity contribution in [3.8, 4) is 0 Å². The third-order valence-corrected chi connectivity index (χ3v) is 4.31. The van der Waals surface area contributed by atoms with Gasteiger partial charge in [0, 0.05) is 29.8 Å². The molecule has 0 aromatic carbocycles. The van der Waals surface area contributed by atoms with Gasteiger partial charge in [0.1, 0.15) is 5.82 Å². The highest BCUT2D eigenvalue weighted by Crippen LogP contribution is 2.26. The monoisotopic (exact) mass is 302 g/mol. The summed E-state index contributed by atoms with van der Waals surface area (Å²) in [7, 11) is 0. The van der Waals surface area contributed by atoms with Crippen molar-refractivity contribution in [1.82, 2.24) is 14.6 Å². The van der Waals surface area contributed by atoms with Crippen molar-refractivity contribution in [1.29, 1.82) is 0 Å². The van der Waals surface area contributed by atoms with Gasteiger partial charge >= 0.3 is 0 Å². The summed E-state index contributed by atoms with van der Waals surface area (Å²) >= 11 is 0. The molecule has 0 bridgehead atoms. The van der Waals surface area contributed by atoms with E-state index < -0.39 is 0 Å². The fraction of sp³-hybridized carbons (Fsp3) is 0.667. The van der Waals surface area contributed by atoms with E-state index in [-0.39, 0.29) is 0 Å². The predicted octanol–water partition coefficient (Wildman–Crippen LogP) is 5.01. The second-order valence-corrected chi connectivity index (χ2v) is 6.25. The molecule has 0 amide bonds. The number of aromatic nitrogens is 3. The molecule has 0 spiro atoms. The maximum atomic E-state index is 4.82. The van der Waals surface area contributed by atoms with Crippen LogP contribution in [0.4, 0.5) is 5.82 Å². The number of nitrogens with zero attached hydrogens (tertiary/aromatic N) is 3. The van der Waals surface area contributed by atoms with Crippen LogP contribution in [0.3, 0.4) is 0 Å². The molecule has 122 valence electrons. The molecule has 2 rings (SSSR count). The summed E-state index contributed by atoms with van der Waals surface area (Å²) in [5, 5.41) is 8.04. The van der Waals surface area contributed by atoms with Gasteiger partial charge in [-0.25, -0.2) is 4.98 Å². The van der Waals surface area contributed by atoms with Gasteiger partial charge in [-0.1, -0.05) is 40.0 Å². The summed E-state index contributed by atoms with van der Waals surface area (Å²) in [5.74, 6) is 1.61. The number of anilines is 1. The van der Waals surface area contributed by atoms with Crippen LogP contribution in [0.25, 0.3) is 5.65 Å². The third kappa shape index (κ3) is 3.99. The number of hydrogen-bond acceptors (Lipinski definition) is 3. The molecule has 2 aromatic heterocycles. The number of fused-ring (bicyclic) bond motifs is 1. The lowest BCUT2D eigenvalue weighted by atomic mass is 9.96. The zero-order valence-corrected chi connectivity index (χ0v) is 14.5. The van der Waals surface area contributed by atoms with E-state index in [4.69, 9.17) is 4.98 Å². The second-order valence-electron chi connectivity index (χ2n) is 6.25. The molecule has 0 aliphatic heterocycles. The fourth-order valence-corrected chi connectivity index (χ4v) is 2.99. The first-order valence-corrected chi connectivity index (χ1v) is 8.80. The number of unbranched alkanes of at least 4 members (excludes halogenated alkanes) is 1. The standard InChI is InChI=1S/C18H30N4/c1-5-8-10-14(4)20-18-13-16(15(7-3)9-6-2)21-17-11-12-19-22(17)18/h11-15,20H,5-10H2,1-4H3. The van der Waals surface area contributed by atoms with E-state index in [2.05, 4.69) is 44.2 Å². The summed E-state index contributed by atoms with van der Waals surface area (Å²) in [4.78, 5) is 4.82. The molecule has 22 heavy (non-hydrogen) atoms. The highest BCUT2D eigenvalue weighted by molar-refractivity contribution is 5.50. The smallest absolute Gasteiger partial charge is 0.157 e. The maximum absolute atomic E-state index is 4.82. The topological polar surface area (TPSA) is 42.2 Å². The lowest BCUT2D eigenvalue weighted by Crippen LogP contribution is -2.18. The molecule has 2 aromatic rings. The summed E-state index contributed by atoms with van der Waals surface area (Å²) in [5.41, 5.74) is 2.14. The molecule has 0 radical (unpaired) electrons. The first kappa shape index (κ1) is 16.8. The number of hydrogen-bond donors (Lipinski definition) is 1. The molecule has 2 unspecified atom stereocenters. The quantitative estimate of drug-likeness (QED) is 0.707. The minimum Gasteiger partial charge on any atom is -0.367 e. The van der Waals surface area contributed by atoms with Crippen molar-refractivity contribution < 1.29 is 0 Å². The van der Waals surface area contributed by atoms with Crippen LogP contribution in [0, 0.1) is 0 Å². The summed E-state index contributed by atoms with van der Waals surface area (Å²) < 4.78 is 1.92. The average molecular weight is 302 g/mol. The fourth-order valence-electron chi connectivity index (χ4n) is 2.99. The van der Waals surface area contributed by atoms with E-state index in [1.54, 1.807) is 0 Å². The third-order valence-electron chi connectivity index (χ3n) is 4.31. The Balaban J connectivity index is 2.28. The molecule has 0 fully saturated rings. The minimum absolute atomic E-state index is 0.453. The van der Waals surface area contributed by atoms with Crippen LogP contribution in [0.1, 0.15) is 77.8 Å². The van der Waals surface area contributed by atoms with Gasteiger partial charge in [-0.3, -0.25) is 0 Å². The van der Waals surface area contributed by atoms with Crippen molar-refractivity contribution in [3.63, 3.8) is 0 Å². The van der Waals surface area contributed by atoms with Gasteiger partial charge in [0.2, 0.25) is 0 Å². The van der Waals surface area contributed by atoms with E-state index in [0.29, 0.717) is 12.0 Å². The predicted molar refractivity (Wildman–Crippen MR) is 93.5 cm³/mol. The molecular formula is C18H30N4. The highest BCUT2D eigenvalue weighted by Gasteiger charge is 2.15. The van der Waals surface area contributed by atoms with Crippen molar-refractivity contribution in [2.75, 3.05) is 5.32 Å². The largest absolute Gasteiger partial charge is 0.367 e. The van der Waals surface area contributed by atoms with Crippen LogP contribution in [0.2, 0.25) is 0 Å². The Morgan fingerprint density at radius 1 is 1.18 bits per heavy atom. The van der Waals surface area contributed by atoms with Crippen LogP contribution in [-0.4, -0.2) is 20.6 Å². The van der Waals surface area contributed by atoms with E-state index in [0.717, 1.165) is 17.9 Å². The van der Waals surface area contributed by atoms with Crippen LogP contribution < -0.4 is 5.32 Å². The van der Waals surface area contributed by atoms with Gasteiger partial charge in [-0.05, 0) is 26.2 Å². The lowest BCUT2D eigenvalue weighted by Gasteiger charge is -2.19. The molecule has 4 heteroatoms. The summed E-state index contributed by atoms with van der Waals surface area (Å²) in [6.45, 7) is 8.97. The summed E-state index contributed by atoms with van der Waals surface area (Å²) in [6, 6.07) is 4.64. The van der Waals surface area contributed by atoms with E-state index in [1.807, 2.05) is 16.8 Å². The van der Waals surface area contributed by atoms with E-state index >= 15 is 0 Å². The van der Waals surface area contributed by atoms with Gasteiger partial charge < -0.3 is 5.32 Å². The van der Waals surface area contributed by atoms with Crippen LogP contribution >= 0.6 is 0 Å². The van der Waals surface area contributed by atoms with Crippen molar-refractivity contribution in [2.45, 2.75) is 78.2 Å². The Morgan fingerprint density at radius 2 is 2.00 bits per heavy atom. The number of nitrogens with one attached hydrogen (secondary N) is 1. The SMILES string of the molecule is CCCCC(C)Nc1cc(C(CC)CCC)nc2ccnn12. The maximum Gasteiger partial charge on any atom is 0.157 e. The van der Waals surface area contributed by atoms with Crippen LogP contribution in [0.5, 0.6) is 0 Å². The first-order chi connectivity index (χ1) is 10.7. The normalized spacial score (nSPS) is 14.2. The first-order valence-electron chi connectivity index (χ1n) is 8.80. The van der Waals surface area contributed by atoms with Crippen molar-refractivity contribution in [2.24, 2.45) is 0 Å². The molecule has 0 aliphatic carbocycles. The molecule has 2 atom stereocenters. The van der Waals surface area contributed by atoms with Crippen molar-refractivity contribution >= 4 is 11.5 Å². The zero-order chi connectivity index (χ0) is 15.9. The van der Waals surface area contributed by atoms with Gasteiger partial charge in [0.15, 0.2) is 5.65 Å². The molecule has 0 saturated heterocycles. The molecule has 1 N–H and O–H groups in total. The Morgan fingerprint density at radius 3 is 2.68 bits per heavy atom. The Hall–Kier alpha value is -1.58. The molecule has 0 saturated carbocycles. The van der Waals surface area contributed by atoms with Crippen LogP contribution in [-0.2, 0) is 0 Å². The Labute approximate surface area is 134 Å². The van der Waals surface area contributed by atoms with Crippen molar-refractivity contribution in [3.05, 3.63) is 24.0 Å². The molecular weight excluding hydrogens is 272 g/mol. The van der Waals surface area contributed by atoms with E-state index in [1.165, 1.54) is 37.8 Å². The van der Waals surface area contributed by atoms with Gasteiger partial charge in [-0.2, -0.15) is 9.61 Å². The van der Waals surface area contributed by atoms with Gasteiger partial charge in [0.05, 0.1) is 6.20 Å². The zero-order valence-electron chi connectivity index (χ0n) is 14.5. The van der Waals surface area contributed by atoms with E-state index in [9.17, 15) is 0 Å². The minimum atomic E-state index is 0.453. The Kier molecular flexibility index (Phi) is 6.22. The number of rotatable bonds is 9. The van der Waals surface area contributed by atoms with Gasteiger partial charge in [-0.15, -0.1) is 0 Å². The molecule has 2 heterocycles. The molecule has 0 aliphatic rings. The average Bonchev–Trinajstić information content (AvgIpc) is 2.99. The van der Waals surface area contributed by atoms with Crippen LogP contribution in [0.15, 0.2) is 18.3 Å². The lowest BCUT2D eigenvalue weighted by molar-refractivity contribution is 0.580. The van der Waals surface area contributed by atoms with Gasteiger partial charge in [0.25, 0.3) is 0 Å². The Bertz CT molecular complexity index is 575. The molecule has 4 nitrogen and oxygen atoms in total. The second kappa shape index (κ2) is 8.16.